The molecular formula is C6H4Br2IN. The molecule has 0 aliphatic rings. The Balaban J connectivity index is 3.06. The highest BCUT2D eigenvalue weighted by Gasteiger charge is 1.93. The molecule has 4 heteroatoms. The number of halogens is 3. The van der Waals surface area contributed by atoms with Crippen LogP contribution in [0.5, 0.6) is 0 Å². The fourth-order valence-corrected chi connectivity index (χ4v) is 2.21. The van der Waals surface area contributed by atoms with Crippen LogP contribution in [-0.4, -0.2) is 0 Å². The smallest absolute Gasteiger partial charge is 0.0560 e. The minimum Gasteiger partial charge on any atom is -0.328 e. The maximum atomic E-state index is 3.38. The second kappa shape index (κ2) is 3.92. The molecular weight excluding hydrogens is 373 g/mol. The van der Waals surface area contributed by atoms with Crippen LogP contribution in [0.3, 0.4) is 0 Å². The average molecular weight is 377 g/mol. The van der Waals surface area contributed by atoms with Gasteiger partial charge in [0.1, 0.15) is 0 Å². The van der Waals surface area contributed by atoms with E-state index in [1.807, 2.05) is 18.2 Å². The minimum absolute atomic E-state index is 1.07. The van der Waals surface area contributed by atoms with Crippen molar-refractivity contribution in [1.82, 2.24) is 0 Å². The fourth-order valence-electron chi connectivity index (χ4n) is 0.608. The molecule has 0 spiro atoms. The van der Waals surface area contributed by atoms with E-state index in [4.69, 9.17) is 0 Å². The maximum Gasteiger partial charge on any atom is 0.0560 e. The Morgan fingerprint density at radius 2 is 1.60 bits per heavy atom. The lowest BCUT2D eigenvalue weighted by molar-refractivity contribution is 1.60. The normalized spacial score (nSPS) is 9.50. The SMILES string of the molecule is Brc1cc(Br)cc(NI)c1. The Morgan fingerprint density at radius 3 is 2.00 bits per heavy atom. The molecule has 0 aliphatic carbocycles. The maximum absolute atomic E-state index is 3.38. The molecule has 0 radical (unpaired) electrons. The third-order valence-electron chi connectivity index (χ3n) is 0.972. The second-order valence-corrected chi connectivity index (χ2v) is 4.12. The van der Waals surface area contributed by atoms with Crippen molar-refractivity contribution < 1.29 is 0 Å². The molecule has 1 N–H and O–H groups in total. The molecule has 0 saturated carbocycles. The van der Waals surface area contributed by atoms with E-state index in [1.165, 1.54) is 0 Å². The van der Waals surface area contributed by atoms with Crippen molar-refractivity contribution in [3.05, 3.63) is 27.1 Å². The van der Waals surface area contributed by atoms with Gasteiger partial charge in [-0.05, 0) is 18.2 Å². The van der Waals surface area contributed by atoms with Crippen molar-refractivity contribution in [2.24, 2.45) is 0 Å². The lowest BCUT2D eigenvalue weighted by atomic mass is 10.3. The molecule has 0 saturated heterocycles. The van der Waals surface area contributed by atoms with Crippen LogP contribution in [0.1, 0.15) is 0 Å². The van der Waals surface area contributed by atoms with Crippen LogP contribution in [0.25, 0.3) is 0 Å². The second-order valence-electron chi connectivity index (χ2n) is 1.75. The van der Waals surface area contributed by atoms with Gasteiger partial charge in [-0.25, -0.2) is 0 Å². The molecule has 1 aromatic carbocycles. The monoisotopic (exact) mass is 375 g/mol. The molecule has 0 amide bonds. The standard InChI is InChI=1S/C6H4Br2IN/c7-4-1-5(8)3-6(2-4)10-9/h1-3,10H. The fraction of sp³-hybridized carbons (Fsp3) is 0. The van der Waals surface area contributed by atoms with Crippen LogP contribution < -0.4 is 3.53 Å². The molecule has 0 atom stereocenters. The van der Waals surface area contributed by atoms with Crippen LogP contribution in [0.2, 0.25) is 0 Å². The van der Waals surface area contributed by atoms with Crippen molar-refractivity contribution in [2.75, 3.05) is 3.53 Å². The molecule has 1 nitrogen and oxygen atoms in total. The average Bonchev–Trinajstić information content (AvgIpc) is 1.85. The van der Waals surface area contributed by atoms with Crippen LogP contribution in [-0.2, 0) is 0 Å². The lowest BCUT2D eigenvalue weighted by Gasteiger charge is -1.98. The molecule has 1 aromatic rings. The summed E-state index contributed by atoms with van der Waals surface area (Å²) in [6, 6.07) is 6.02. The van der Waals surface area contributed by atoms with Crippen molar-refractivity contribution in [1.29, 1.82) is 0 Å². The van der Waals surface area contributed by atoms with E-state index in [0.29, 0.717) is 0 Å². The summed E-state index contributed by atoms with van der Waals surface area (Å²) in [5.74, 6) is 0. The topological polar surface area (TPSA) is 12.0 Å². The van der Waals surface area contributed by atoms with Crippen LogP contribution >= 0.6 is 54.7 Å². The number of anilines is 1. The summed E-state index contributed by atoms with van der Waals surface area (Å²) in [5, 5.41) is 0. The van der Waals surface area contributed by atoms with Crippen molar-refractivity contribution in [3.8, 4) is 0 Å². The van der Waals surface area contributed by atoms with Crippen LogP contribution in [0.15, 0.2) is 27.1 Å². The number of hydrogen-bond acceptors (Lipinski definition) is 1. The van der Waals surface area contributed by atoms with E-state index >= 15 is 0 Å². The summed E-state index contributed by atoms with van der Waals surface area (Å²) in [4.78, 5) is 0. The molecule has 0 bridgehead atoms. The Hall–Kier alpha value is 0.710. The third-order valence-corrected chi connectivity index (χ3v) is 2.51. The first-order valence-electron chi connectivity index (χ1n) is 2.55. The number of nitrogens with one attached hydrogen (secondary N) is 1. The van der Waals surface area contributed by atoms with Crippen LogP contribution in [0.4, 0.5) is 5.69 Å². The van der Waals surface area contributed by atoms with Gasteiger partial charge < -0.3 is 3.53 Å². The Morgan fingerprint density at radius 1 is 1.10 bits per heavy atom. The van der Waals surface area contributed by atoms with E-state index in [0.717, 1.165) is 14.6 Å². The predicted octanol–water partition coefficient (Wildman–Crippen LogP) is 3.97. The van der Waals surface area contributed by atoms with Gasteiger partial charge in [0, 0.05) is 14.6 Å². The van der Waals surface area contributed by atoms with Gasteiger partial charge in [0.15, 0.2) is 0 Å². The lowest BCUT2D eigenvalue weighted by Crippen LogP contribution is -1.78. The highest BCUT2D eigenvalue weighted by molar-refractivity contribution is 14.1. The first-order valence-corrected chi connectivity index (χ1v) is 5.21. The molecule has 0 aromatic heterocycles. The van der Waals surface area contributed by atoms with Gasteiger partial charge in [-0.3, -0.25) is 0 Å². The molecule has 54 valence electrons. The summed E-state index contributed by atoms with van der Waals surface area (Å²) in [5.41, 5.74) is 1.09. The van der Waals surface area contributed by atoms with Crippen LogP contribution in [0, 0.1) is 0 Å². The Kier molecular flexibility index (Phi) is 3.45. The van der Waals surface area contributed by atoms with Crippen molar-refractivity contribution in [2.45, 2.75) is 0 Å². The van der Waals surface area contributed by atoms with Gasteiger partial charge in [0.25, 0.3) is 0 Å². The zero-order chi connectivity index (χ0) is 7.56. The molecule has 0 fully saturated rings. The quantitative estimate of drug-likeness (QED) is 0.577. The first kappa shape index (κ1) is 8.80. The summed E-state index contributed by atoms with van der Waals surface area (Å²) >= 11 is 8.86. The summed E-state index contributed by atoms with van der Waals surface area (Å²) in [6.45, 7) is 0. The predicted molar refractivity (Wildman–Crippen MR) is 59.5 cm³/mol. The Labute approximate surface area is 90.3 Å². The van der Waals surface area contributed by atoms with Gasteiger partial charge in [-0.2, -0.15) is 0 Å². The van der Waals surface area contributed by atoms with Gasteiger partial charge in [-0.1, -0.05) is 31.9 Å². The number of benzene rings is 1. The molecule has 0 heterocycles. The zero-order valence-corrected chi connectivity index (χ0v) is 10.2. The molecule has 1 rings (SSSR count). The number of rotatable bonds is 1. The zero-order valence-electron chi connectivity index (χ0n) is 4.87. The van der Waals surface area contributed by atoms with Gasteiger partial charge in [-0.15, -0.1) is 0 Å². The minimum atomic E-state index is 1.07. The van der Waals surface area contributed by atoms with Crippen molar-refractivity contribution in [3.63, 3.8) is 0 Å². The van der Waals surface area contributed by atoms with E-state index in [-0.39, 0.29) is 0 Å². The largest absolute Gasteiger partial charge is 0.328 e. The summed E-state index contributed by atoms with van der Waals surface area (Å²) in [7, 11) is 0. The molecule has 0 unspecified atom stereocenters. The van der Waals surface area contributed by atoms with E-state index in [2.05, 4.69) is 58.3 Å². The van der Waals surface area contributed by atoms with Gasteiger partial charge >= 0.3 is 0 Å². The number of hydrogen-bond donors (Lipinski definition) is 1. The van der Waals surface area contributed by atoms with E-state index in [9.17, 15) is 0 Å². The van der Waals surface area contributed by atoms with Gasteiger partial charge in [0.05, 0.1) is 22.9 Å². The third kappa shape index (κ3) is 2.39. The van der Waals surface area contributed by atoms with Crippen molar-refractivity contribution >= 4 is 60.4 Å². The Bertz CT molecular complexity index is 219. The van der Waals surface area contributed by atoms with E-state index in [1.54, 1.807) is 0 Å². The van der Waals surface area contributed by atoms with Gasteiger partial charge in [0.2, 0.25) is 0 Å². The molecule has 0 aliphatic heterocycles. The first-order chi connectivity index (χ1) is 4.72. The molecule has 10 heavy (non-hydrogen) atoms. The highest BCUT2D eigenvalue weighted by Crippen LogP contribution is 2.23. The summed E-state index contributed by atoms with van der Waals surface area (Å²) < 4.78 is 5.16. The summed E-state index contributed by atoms with van der Waals surface area (Å²) in [6.07, 6.45) is 0. The van der Waals surface area contributed by atoms with E-state index < -0.39 is 0 Å². The highest BCUT2D eigenvalue weighted by atomic mass is 127.